The Morgan fingerprint density at radius 3 is 2.47 bits per heavy atom. The van der Waals surface area contributed by atoms with Gasteiger partial charge in [0.2, 0.25) is 0 Å². The van der Waals surface area contributed by atoms with Crippen LogP contribution < -0.4 is 24.5 Å². The lowest BCUT2D eigenvalue weighted by Crippen LogP contribution is -2.39. The average molecular weight is 498 g/mol. The van der Waals surface area contributed by atoms with E-state index in [1.807, 2.05) is 92.7 Å². The smallest absolute Gasteiger partial charge is 0.271 e. The first-order valence-corrected chi connectivity index (χ1v) is 12.5. The summed E-state index contributed by atoms with van der Waals surface area (Å²) in [6.45, 7) is 3.36. The van der Waals surface area contributed by atoms with Crippen molar-refractivity contribution in [3.8, 4) is 5.75 Å². The van der Waals surface area contributed by atoms with E-state index in [1.165, 1.54) is 18.3 Å². The second kappa shape index (κ2) is 9.24. The molecule has 5 rings (SSSR count). The molecule has 1 aliphatic heterocycles. The van der Waals surface area contributed by atoms with Crippen molar-refractivity contribution in [2.45, 2.75) is 19.9 Å². The SMILES string of the molecule is COc1ccc2ccccc2c1C1C(C(C)=O)=C(C)N=c2sc(=Cc3ccc(N(C)C)cc3)c(=O)n21. The standard InChI is InChI=1S/C29H27N3O3S/c1-17-25(18(2)33)27(26-22-9-7-6-8-20(22)12-15-23(26)35-5)32-28(34)24(36-29(32)30-17)16-19-10-13-21(14-11-19)31(3)4/h6-16,27H,1-5H3. The summed E-state index contributed by atoms with van der Waals surface area (Å²) in [6, 6.07) is 19.2. The van der Waals surface area contributed by atoms with Gasteiger partial charge in [0.1, 0.15) is 5.75 Å². The lowest BCUT2D eigenvalue weighted by Gasteiger charge is -2.27. The van der Waals surface area contributed by atoms with E-state index in [0.29, 0.717) is 26.4 Å². The molecule has 1 aliphatic rings. The van der Waals surface area contributed by atoms with Crippen molar-refractivity contribution in [1.82, 2.24) is 4.57 Å². The maximum absolute atomic E-state index is 13.9. The number of ketones is 1. The van der Waals surface area contributed by atoms with Gasteiger partial charge in [0.25, 0.3) is 5.56 Å². The van der Waals surface area contributed by atoms with Crippen LogP contribution in [0.25, 0.3) is 16.8 Å². The first-order chi connectivity index (χ1) is 17.3. The molecule has 0 saturated carbocycles. The van der Waals surface area contributed by atoms with E-state index in [0.717, 1.165) is 27.6 Å². The fourth-order valence-electron chi connectivity index (χ4n) is 4.80. The molecule has 3 aromatic carbocycles. The highest BCUT2D eigenvalue weighted by Gasteiger charge is 2.33. The number of thiazole rings is 1. The van der Waals surface area contributed by atoms with Gasteiger partial charge in [0, 0.05) is 36.6 Å². The van der Waals surface area contributed by atoms with Crippen molar-refractivity contribution in [2.24, 2.45) is 4.99 Å². The van der Waals surface area contributed by atoms with Gasteiger partial charge in [-0.2, -0.15) is 0 Å². The fraction of sp³-hybridized carbons (Fsp3) is 0.207. The molecule has 7 heteroatoms. The van der Waals surface area contributed by atoms with Crippen LogP contribution in [0.3, 0.4) is 0 Å². The number of benzene rings is 3. The van der Waals surface area contributed by atoms with E-state index in [-0.39, 0.29) is 11.3 Å². The minimum Gasteiger partial charge on any atom is -0.496 e. The Bertz CT molecular complexity index is 1710. The number of carbonyl (C=O) groups excluding carboxylic acids is 1. The molecule has 0 fully saturated rings. The number of hydrogen-bond acceptors (Lipinski definition) is 6. The number of carbonyl (C=O) groups is 1. The maximum atomic E-state index is 13.9. The number of hydrogen-bond donors (Lipinski definition) is 0. The van der Waals surface area contributed by atoms with E-state index in [4.69, 9.17) is 9.73 Å². The third kappa shape index (κ3) is 3.95. The first-order valence-electron chi connectivity index (χ1n) is 11.7. The van der Waals surface area contributed by atoms with Crippen LogP contribution in [0.5, 0.6) is 5.75 Å². The van der Waals surface area contributed by atoms with Gasteiger partial charge in [0.05, 0.1) is 17.7 Å². The molecule has 0 amide bonds. The molecule has 0 bridgehead atoms. The minimum atomic E-state index is -0.641. The van der Waals surface area contributed by atoms with Gasteiger partial charge in [-0.25, -0.2) is 4.99 Å². The number of nitrogens with zero attached hydrogens (tertiary/aromatic N) is 3. The highest BCUT2D eigenvalue weighted by Crippen LogP contribution is 2.40. The quantitative estimate of drug-likeness (QED) is 0.417. The zero-order valence-electron chi connectivity index (χ0n) is 20.9. The highest BCUT2D eigenvalue weighted by atomic mass is 32.1. The predicted octanol–water partition coefficient (Wildman–Crippen LogP) is 4.05. The summed E-state index contributed by atoms with van der Waals surface area (Å²) in [7, 11) is 5.59. The third-order valence-corrected chi connectivity index (χ3v) is 7.52. The number of rotatable bonds is 5. The molecule has 182 valence electrons. The van der Waals surface area contributed by atoms with Gasteiger partial charge < -0.3 is 9.64 Å². The zero-order valence-corrected chi connectivity index (χ0v) is 21.7. The lowest BCUT2D eigenvalue weighted by molar-refractivity contribution is -0.114. The molecule has 0 aliphatic carbocycles. The van der Waals surface area contributed by atoms with Crippen LogP contribution in [0.4, 0.5) is 5.69 Å². The fourth-order valence-corrected chi connectivity index (χ4v) is 5.85. The summed E-state index contributed by atoms with van der Waals surface area (Å²) in [5.41, 5.74) is 3.73. The molecule has 0 spiro atoms. The molecular formula is C29H27N3O3S. The van der Waals surface area contributed by atoms with Crippen LogP contribution in [0.15, 0.2) is 81.7 Å². The monoisotopic (exact) mass is 497 g/mol. The van der Waals surface area contributed by atoms with Crippen LogP contribution >= 0.6 is 11.3 Å². The molecule has 2 heterocycles. The van der Waals surface area contributed by atoms with E-state index in [9.17, 15) is 9.59 Å². The molecule has 4 aromatic rings. The van der Waals surface area contributed by atoms with Crippen LogP contribution in [0.2, 0.25) is 0 Å². The number of allylic oxidation sites excluding steroid dienone is 2. The number of methoxy groups -OCH3 is 1. The summed E-state index contributed by atoms with van der Waals surface area (Å²) in [5, 5.41) is 1.94. The molecule has 1 aromatic heterocycles. The maximum Gasteiger partial charge on any atom is 0.271 e. The summed E-state index contributed by atoms with van der Waals surface area (Å²) in [6.07, 6.45) is 1.88. The van der Waals surface area contributed by atoms with Gasteiger partial charge in [-0.3, -0.25) is 14.2 Å². The Labute approximate surface area is 213 Å². The van der Waals surface area contributed by atoms with Gasteiger partial charge in [-0.15, -0.1) is 0 Å². The second-order valence-corrected chi connectivity index (χ2v) is 10.0. The van der Waals surface area contributed by atoms with Crippen molar-refractivity contribution in [1.29, 1.82) is 0 Å². The first kappa shape index (κ1) is 23.8. The lowest BCUT2D eigenvalue weighted by atomic mass is 9.89. The van der Waals surface area contributed by atoms with Crippen LogP contribution in [0.1, 0.15) is 31.0 Å². The van der Waals surface area contributed by atoms with Gasteiger partial charge in [-0.1, -0.05) is 53.8 Å². The summed E-state index contributed by atoms with van der Waals surface area (Å²) in [5.74, 6) is 0.505. The van der Waals surface area contributed by atoms with Gasteiger partial charge in [-0.05, 0) is 54.5 Å². The van der Waals surface area contributed by atoms with Crippen LogP contribution in [-0.2, 0) is 4.79 Å². The number of ether oxygens (including phenoxy) is 1. The Kier molecular flexibility index (Phi) is 6.10. The van der Waals surface area contributed by atoms with Gasteiger partial charge in [0.15, 0.2) is 10.6 Å². The van der Waals surface area contributed by atoms with E-state index in [1.54, 1.807) is 11.7 Å². The normalized spacial score (nSPS) is 15.6. The molecular weight excluding hydrogens is 470 g/mol. The molecule has 36 heavy (non-hydrogen) atoms. The van der Waals surface area contributed by atoms with Crippen molar-refractivity contribution in [3.63, 3.8) is 0 Å². The van der Waals surface area contributed by atoms with Crippen molar-refractivity contribution in [2.75, 3.05) is 26.1 Å². The number of anilines is 1. The topological polar surface area (TPSA) is 63.9 Å². The van der Waals surface area contributed by atoms with Crippen LogP contribution in [0, 0.1) is 0 Å². The molecule has 1 unspecified atom stereocenters. The van der Waals surface area contributed by atoms with Crippen molar-refractivity contribution >= 4 is 39.7 Å². The molecule has 0 saturated heterocycles. The van der Waals surface area contributed by atoms with E-state index >= 15 is 0 Å². The van der Waals surface area contributed by atoms with Crippen molar-refractivity contribution < 1.29 is 9.53 Å². The Balaban J connectivity index is 1.80. The number of aromatic nitrogens is 1. The number of fused-ring (bicyclic) bond motifs is 2. The minimum absolute atomic E-state index is 0.121. The summed E-state index contributed by atoms with van der Waals surface area (Å²) in [4.78, 5) is 34.1. The Morgan fingerprint density at radius 2 is 1.81 bits per heavy atom. The molecule has 6 nitrogen and oxygen atoms in total. The van der Waals surface area contributed by atoms with E-state index in [2.05, 4.69) is 0 Å². The molecule has 0 N–H and O–H groups in total. The van der Waals surface area contributed by atoms with E-state index < -0.39 is 6.04 Å². The zero-order chi connectivity index (χ0) is 25.6. The van der Waals surface area contributed by atoms with Crippen LogP contribution in [-0.4, -0.2) is 31.6 Å². The van der Waals surface area contributed by atoms with Crippen molar-refractivity contribution in [3.05, 3.63) is 103 Å². The Hall–Kier alpha value is -3.97. The number of Topliss-reactive ketones (excluding diaryl/α,β-unsaturated/α-hetero) is 1. The predicted molar refractivity (Wildman–Crippen MR) is 146 cm³/mol. The molecule has 1 atom stereocenters. The average Bonchev–Trinajstić information content (AvgIpc) is 3.16. The molecule has 0 radical (unpaired) electrons. The Morgan fingerprint density at radius 1 is 1.08 bits per heavy atom. The highest BCUT2D eigenvalue weighted by molar-refractivity contribution is 7.07. The third-order valence-electron chi connectivity index (χ3n) is 6.53. The summed E-state index contributed by atoms with van der Waals surface area (Å²) < 4.78 is 7.98. The summed E-state index contributed by atoms with van der Waals surface area (Å²) >= 11 is 1.33. The van der Waals surface area contributed by atoms with Gasteiger partial charge >= 0.3 is 0 Å². The second-order valence-electron chi connectivity index (χ2n) is 9.03. The largest absolute Gasteiger partial charge is 0.496 e.